The topological polar surface area (TPSA) is 72.5 Å². The summed E-state index contributed by atoms with van der Waals surface area (Å²) in [7, 11) is 1.61. The van der Waals surface area contributed by atoms with Crippen LogP contribution in [0.5, 0.6) is 5.75 Å². The maximum Gasteiger partial charge on any atom is 0.319 e. The van der Waals surface area contributed by atoms with Gasteiger partial charge in [-0.3, -0.25) is 4.98 Å². The second-order valence-corrected chi connectivity index (χ2v) is 6.05. The third-order valence-corrected chi connectivity index (χ3v) is 4.53. The van der Waals surface area contributed by atoms with E-state index in [1.807, 2.05) is 31.2 Å². The summed E-state index contributed by atoms with van der Waals surface area (Å²) < 4.78 is 10.7. The summed E-state index contributed by atoms with van der Waals surface area (Å²) in [4.78, 5) is 16.7. The van der Waals surface area contributed by atoms with Gasteiger partial charge >= 0.3 is 6.03 Å². The smallest absolute Gasteiger partial charge is 0.319 e. The molecule has 6 heteroatoms. The van der Waals surface area contributed by atoms with Crippen molar-refractivity contribution in [2.24, 2.45) is 5.92 Å². The van der Waals surface area contributed by atoms with Crippen LogP contribution in [0.3, 0.4) is 0 Å². The van der Waals surface area contributed by atoms with Crippen molar-refractivity contribution >= 4 is 22.6 Å². The van der Waals surface area contributed by atoms with Gasteiger partial charge in [0.05, 0.1) is 12.8 Å². The molecule has 3 rings (SSSR count). The number of nitrogens with one attached hydrogen (secondary N) is 2. The van der Waals surface area contributed by atoms with E-state index < -0.39 is 0 Å². The van der Waals surface area contributed by atoms with E-state index in [4.69, 9.17) is 9.47 Å². The number of fused-ring (bicyclic) bond motifs is 1. The normalized spacial score (nSPS) is 16.6. The number of nitrogens with zero attached hydrogens (tertiary/aromatic N) is 1. The molecule has 1 aromatic carbocycles. The predicted molar refractivity (Wildman–Crippen MR) is 93.5 cm³/mol. The summed E-state index contributed by atoms with van der Waals surface area (Å²) in [5.41, 5.74) is 1.45. The van der Waals surface area contributed by atoms with Crippen LogP contribution < -0.4 is 15.4 Å². The molecule has 0 unspecified atom stereocenters. The average molecular weight is 329 g/mol. The highest BCUT2D eigenvalue weighted by Crippen LogP contribution is 2.29. The van der Waals surface area contributed by atoms with Gasteiger partial charge in [0.15, 0.2) is 0 Å². The maximum atomic E-state index is 12.4. The number of rotatable bonds is 4. The number of amides is 2. The van der Waals surface area contributed by atoms with Crippen molar-refractivity contribution in [3.63, 3.8) is 0 Å². The van der Waals surface area contributed by atoms with Gasteiger partial charge in [0.2, 0.25) is 0 Å². The summed E-state index contributed by atoms with van der Waals surface area (Å²) in [5, 5.41) is 6.82. The summed E-state index contributed by atoms with van der Waals surface area (Å²) in [6.07, 6.45) is 3.68. The standard InChI is InChI=1S/C18H23N3O3/c1-12(13-7-10-24-11-8-13)20-18(22)21-15-5-6-16(23-2)17-14(15)4-3-9-19-17/h3-6,9,12-13H,7-8,10-11H2,1-2H3,(H2,20,21,22)/t12-/m1/s1. The lowest BCUT2D eigenvalue weighted by Crippen LogP contribution is -2.42. The van der Waals surface area contributed by atoms with Gasteiger partial charge in [0.1, 0.15) is 11.3 Å². The number of hydrogen-bond acceptors (Lipinski definition) is 4. The Labute approximate surface area is 141 Å². The van der Waals surface area contributed by atoms with Crippen molar-refractivity contribution in [1.82, 2.24) is 10.3 Å². The highest BCUT2D eigenvalue weighted by atomic mass is 16.5. The minimum absolute atomic E-state index is 0.108. The van der Waals surface area contributed by atoms with Gasteiger partial charge in [-0.25, -0.2) is 4.79 Å². The van der Waals surface area contributed by atoms with E-state index in [1.54, 1.807) is 13.3 Å². The summed E-state index contributed by atoms with van der Waals surface area (Å²) >= 11 is 0. The number of benzene rings is 1. The molecule has 0 spiro atoms. The zero-order valence-corrected chi connectivity index (χ0v) is 14.0. The van der Waals surface area contributed by atoms with E-state index in [0.29, 0.717) is 11.7 Å². The molecule has 6 nitrogen and oxygen atoms in total. The highest BCUT2D eigenvalue weighted by molar-refractivity contribution is 6.02. The van der Waals surface area contributed by atoms with Crippen molar-refractivity contribution in [2.75, 3.05) is 25.6 Å². The Balaban J connectivity index is 1.71. The van der Waals surface area contributed by atoms with Gasteiger partial charge in [-0.05, 0) is 49.9 Å². The van der Waals surface area contributed by atoms with Crippen LogP contribution in [0.4, 0.5) is 10.5 Å². The van der Waals surface area contributed by atoms with Crippen molar-refractivity contribution < 1.29 is 14.3 Å². The summed E-state index contributed by atoms with van der Waals surface area (Å²) in [5.74, 6) is 1.14. The molecule has 1 aliphatic rings. The first kappa shape index (κ1) is 16.5. The predicted octanol–water partition coefficient (Wildman–Crippen LogP) is 3.18. The minimum atomic E-state index is -0.204. The zero-order valence-electron chi connectivity index (χ0n) is 14.0. The van der Waals surface area contributed by atoms with Crippen LogP contribution >= 0.6 is 0 Å². The molecule has 24 heavy (non-hydrogen) atoms. The Morgan fingerprint density at radius 1 is 1.33 bits per heavy atom. The van der Waals surface area contributed by atoms with E-state index in [-0.39, 0.29) is 12.1 Å². The highest BCUT2D eigenvalue weighted by Gasteiger charge is 2.22. The van der Waals surface area contributed by atoms with E-state index >= 15 is 0 Å². The zero-order chi connectivity index (χ0) is 16.9. The molecular formula is C18H23N3O3. The number of carbonyl (C=O) groups is 1. The molecule has 0 saturated carbocycles. The average Bonchev–Trinajstić information content (AvgIpc) is 2.62. The first-order valence-electron chi connectivity index (χ1n) is 8.26. The third kappa shape index (κ3) is 3.59. The van der Waals surface area contributed by atoms with Gasteiger partial charge in [-0.15, -0.1) is 0 Å². The van der Waals surface area contributed by atoms with Gasteiger partial charge < -0.3 is 20.1 Å². The molecule has 0 bridgehead atoms. The molecular weight excluding hydrogens is 306 g/mol. The number of anilines is 1. The number of methoxy groups -OCH3 is 1. The Bertz CT molecular complexity index is 714. The van der Waals surface area contributed by atoms with Crippen LogP contribution in [0.25, 0.3) is 10.9 Å². The minimum Gasteiger partial charge on any atom is -0.494 e. The van der Waals surface area contributed by atoms with E-state index in [0.717, 1.165) is 42.6 Å². The molecule has 128 valence electrons. The fourth-order valence-electron chi connectivity index (χ4n) is 3.12. The lowest BCUT2D eigenvalue weighted by molar-refractivity contribution is 0.0573. The molecule has 0 aliphatic carbocycles. The fraction of sp³-hybridized carbons (Fsp3) is 0.444. The lowest BCUT2D eigenvalue weighted by Gasteiger charge is -2.28. The number of carbonyl (C=O) groups excluding carboxylic acids is 1. The fourth-order valence-corrected chi connectivity index (χ4v) is 3.12. The largest absolute Gasteiger partial charge is 0.494 e. The Hall–Kier alpha value is -2.34. The second kappa shape index (κ2) is 7.49. The van der Waals surface area contributed by atoms with E-state index in [1.165, 1.54) is 0 Å². The molecule has 2 heterocycles. The van der Waals surface area contributed by atoms with E-state index in [9.17, 15) is 4.79 Å². The van der Waals surface area contributed by atoms with E-state index in [2.05, 4.69) is 15.6 Å². The quantitative estimate of drug-likeness (QED) is 0.903. The number of ether oxygens (including phenoxy) is 2. The van der Waals surface area contributed by atoms with Crippen molar-refractivity contribution in [1.29, 1.82) is 0 Å². The summed E-state index contributed by atoms with van der Waals surface area (Å²) in [6.45, 7) is 3.59. The van der Waals surface area contributed by atoms with Crippen LogP contribution in [0.2, 0.25) is 0 Å². The molecule has 1 saturated heterocycles. The number of aromatic nitrogens is 1. The van der Waals surface area contributed by atoms with Crippen LogP contribution in [-0.4, -0.2) is 37.4 Å². The molecule has 1 atom stereocenters. The Kier molecular flexibility index (Phi) is 5.15. The first-order chi connectivity index (χ1) is 11.7. The molecule has 0 radical (unpaired) electrons. The van der Waals surface area contributed by atoms with Gasteiger partial charge in [0, 0.05) is 30.8 Å². The number of pyridine rings is 1. The van der Waals surface area contributed by atoms with Gasteiger partial charge in [-0.2, -0.15) is 0 Å². The molecule has 1 fully saturated rings. The van der Waals surface area contributed by atoms with Gasteiger partial charge in [-0.1, -0.05) is 0 Å². The third-order valence-electron chi connectivity index (χ3n) is 4.53. The van der Waals surface area contributed by atoms with Crippen LogP contribution in [-0.2, 0) is 4.74 Å². The Morgan fingerprint density at radius 3 is 2.88 bits per heavy atom. The first-order valence-corrected chi connectivity index (χ1v) is 8.26. The number of hydrogen-bond donors (Lipinski definition) is 2. The monoisotopic (exact) mass is 329 g/mol. The van der Waals surface area contributed by atoms with Crippen molar-refractivity contribution in [3.8, 4) is 5.75 Å². The van der Waals surface area contributed by atoms with Crippen molar-refractivity contribution in [2.45, 2.75) is 25.8 Å². The summed E-state index contributed by atoms with van der Waals surface area (Å²) in [6, 6.07) is 7.31. The number of urea groups is 1. The maximum absolute atomic E-state index is 12.4. The molecule has 1 aromatic heterocycles. The second-order valence-electron chi connectivity index (χ2n) is 6.05. The van der Waals surface area contributed by atoms with Crippen molar-refractivity contribution in [3.05, 3.63) is 30.5 Å². The SMILES string of the molecule is COc1ccc(NC(=O)N[C@H](C)C2CCOCC2)c2cccnc12. The lowest BCUT2D eigenvalue weighted by atomic mass is 9.93. The van der Waals surface area contributed by atoms with Crippen LogP contribution in [0.15, 0.2) is 30.5 Å². The molecule has 2 aromatic rings. The molecule has 2 amide bonds. The Morgan fingerprint density at radius 2 is 2.12 bits per heavy atom. The van der Waals surface area contributed by atoms with Crippen LogP contribution in [0, 0.1) is 5.92 Å². The molecule has 2 N–H and O–H groups in total. The van der Waals surface area contributed by atoms with Gasteiger partial charge in [0.25, 0.3) is 0 Å². The van der Waals surface area contributed by atoms with Crippen LogP contribution in [0.1, 0.15) is 19.8 Å². The molecule has 1 aliphatic heterocycles.